The van der Waals surface area contributed by atoms with E-state index in [1.54, 1.807) is 29.9 Å². The highest BCUT2D eigenvalue weighted by atomic mass is 35.5. The van der Waals surface area contributed by atoms with Crippen LogP contribution in [-0.2, 0) is 17.6 Å². The molecule has 1 N–H and O–H groups in total. The van der Waals surface area contributed by atoms with Gasteiger partial charge in [0.05, 0.1) is 12.0 Å². The Hall–Kier alpha value is -1.96. The van der Waals surface area contributed by atoms with E-state index >= 15 is 0 Å². The second-order valence-corrected chi connectivity index (χ2v) is 8.63. The third-order valence-electron chi connectivity index (χ3n) is 4.35. The van der Waals surface area contributed by atoms with E-state index in [2.05, 4.69) is 20.5 Å². The molecule has 5 nitrogen and oxygen atoms in total. The Morgan fingerprint density at radius 1 is 1.30 bits per heavy atom. The molecule has 2 aromatic heterocycles. The number of carbonyl (C=O) groups excluding carboxylic acids is 1. The minimum absolute atomic E-state index is 0.181. The van der Waals surface area contributed by atoms with Crippen LogP contribution in [0.5, 0.6) is 0 Å². The van der Waals surface area contributed by atoms with Gasteiger partial charge >= 0.3 is 0 Å². The number of thiophene rings is 1. The summed E-state index contributed by atoms with van der Waals surface area (Å²) < 4.78 is 0. The maximum atomic E-state index is 12.1. The number of thioether (sulfide) groups is 1. The van der Waals surface area contributed by atoms with Crippen LogP contribution in [0, 0.1) is 0 Å². The zero-order valence-corrected chi connectivity index (χ0v) is 16.8. The monoisotopic (exact) mass is 416 g/mol. The van der Waals surface area contributed by atoms with Gasteiger partial charge in [-0.2, -0.15) is 5.10 Å². The summed E-state index contributed by atoms with van der Waals surface area (Å²) >= 11 is 9.25. The van der Waals surface area contributed by atoms with Gasteiger partial charge in [0, 0.05) is 20.8 Å². The van der Waals surface area contributed by atoms with Crippen molar-refractivity contribution >= 4 is 57.0 Å². The highest BCUT2D eigenvalue weighted by molar-refractivity contribution is 8.00. The number of benzene rings is 1. The van der Waals surface area contributed by atoms with Crippen molar-refractivity contribution in [3.63, 3.8) is 0 Å². The summed E-state index contributed by atoms with van der Waals surface area (Å²) in [6, 6.07) is 7.33. The molecule has 1 aliphatic carbocycles. The zero-order chi connectivity index (χ0) is 18.6. The van der Waals surface area contributed by atoms with E-state index in [0.29, 0.717) is 5.02 Å². The van der Waals surface area contributed by atoms with Crippen LogP contribution < -0.4 is 5.43 Å². The Balaban J connectivity index is 1.42. The molecule has 27 heavy (non-hydrogen) atoms. The molecule has 8 heteroatoms. The average Bonchev–Trinajstić information content (AvgIpc) is 3.07. The van der Waals surface area contributed by atoms with Crippen molar-refractivity contribution < 1.29 is 4.79 Å². The molecule has 3 aromatic rings. The van der Waals surface area contributed by atoms with E-state index in [4.69, 9.17) is 11.6 Å². The number of halogens is 1. The summed E-state index contributed by atoms with van der Waals surface area (Å²) in [6.07, 6.45) is 7.77. The van der Waals surface area contributed by atoms with Crippen molar-refractivity contribution in [1.82, 2.24) is 15.4 Å². The predicted molar refractivity (Wildman–Crippen MR) is 112 cm³/mol. The van der Waals surface area contributed by atoms with Crippen molar-refractivity contribution in [1.29, 1.82) is 0 Å². The Bertz CT molecular complexity index is 1020. The van der Waals surface area contributed by atoms with Crippen LogP contribution in [0.4, 0.5) is 0 Å². The SMILES string of the molecule is O=C(CSc1ncnc2sc3c(c12)CCCC3)N/N=C/c1ccccc1Cl. The van der Waals surface area contributed by atoms with Gasteiger partial charge in [-0.1, -0.05) is 41.6 Å². The van der Waals surface area contributed by atoms with Gasteiger partial charge in [0.25, 0.3) is 0 Å². The number of nitrogens with zero attached hydrogens (tertiary/aromatic N) is 3. The Kier molecular flexibility index (Phi) is 5.71. The van der Waals surface area contributed by atoms with Crippen molar-refractivity contribution in [3.05, 3.63) is 51.6 Å². The van der Waals surface area contributed by atoms with Crippen molar-refractivity contribution in [2.75, 3.05) is 5.75 Å². The minimum atomic E-state index is -0.181. The zero-order valence-electron chi connectivity index (χ0n) is 14.4. The standard InChI is InChI=1S/C19H17ClN4OS2/c20-14-7-3-1-5-12(14)9-23-24-16(25)10-26-18-17-13-6-2-4-8-15(13)27-19(17)22-11-21-18/h1,3,5,7,9,11H,2,4,6,8,10H2,(H,24,25)/b23-9+. The van der Waals surface area contributed by atoms with Gasteiger partial charge in [-0.05, 0) is 37.3 Å². The molecular weight excluding hydrogens is 400 g/mol. The summed E-state index contributed by atoms with van der Waals surface area (Å²) in [4.78, 5) is 23.4. The van der Waals surface area contributed by atoms with Gasteiger partial charge < -0.3 is 0 Å². The van der Waals surface area contributed by atoms with E-state index < -0.39 is 0 Å². The van der Waals surface area contributed by atoms with E-state index in [1.807, 2.05) is 18.2 Å². The third kappa shape index (κ3) is 4.15. The minimum Gasteiger partial charge on any atom is -0.272 e. The maximum absolute atomic E-state index is 12.1. The number of carbonyl (C=O) groups is 1. The average molecular weight is 417 g/mol. The lowest BCUT2D eigenvalue weighted by molar-refractivity contribution is -0.118. The van der Waals surface area contributed by atoms with Crippen LogP contribution in [-0.4, -0.2) is 27.8 Å². The van der Waals surface area contributed by atoms with Gasteiger partial charge in [-0.3, -0.25) is 4.79 Å². The molecule has 0 saturated carbocycles. The lowest BCUT2D eigenvalue weighted by Gasteiger charge is -2.11. The smallest absolute Gasteiger partial charge is 0.250 e. The first kappa shape index (κ1) is 18.4. The number of hydrazone groups is 1. The number of aromatic nitrogens is 2. The molecule has 138 valence electrons. The van der Waals surface area contributed by atoms with Crippen LogP contribution in [0.15, 0.2) is 40.7 Å². The summed E-state index contributed by atoms with van der Waals surface area (Å²) in [5.74, 6) is 0.0653. The lowest BCUT2D eigenvalue weighted by atomic mass is 9.97. The first-order valence-electron chi connectivity index (χ1n) is 8.67. The number of fused-ring (bicyclic) bond motifs is 3. The van der Waals surface area contributed by atoms with Crippen LogP contribution in [0.2, 0.25) is 5.02 Å². The maximum Gasteiger partial charge on any atom is 0.250 e. The highest BCUT2D eigenvalue weighted by Crippen LogP contribution is 2.39. The van der Waals surface area contributed by atoms with E-state index in [0.717, 1.165) is 33.6 Å². The summed E-state index contributed by atoms with van der Waals surface area (Å²) in [6.45, 7) is 0. The number of amides is 1. The molecule has 0 fully saturated rings. The fourth-order valence-electron chi connectivity index (χ4n) is 3.09. The first-order valence-corrected chi connectivity index (χ1v) is 10.8. The third-order valence-corrected chi connectivity index (χ3v) is 6.89. The number of hydrogen-bond donors (Lipinski definition) is 1. The van der Waals surface area contributed by atoms with E-state index in [-0.39, 0.29) is 11.7 Å². The summed E-state index contributed by atoms with van der Waals surface area (Å²) in [7, 11) is 0. The first-order chi connectivity index (χ1) is 13.2. The highest BCUT2D eigenvalue weighted by Gasteiger charge is 2.20. The predicted octanol–water partition coefficient (Wildman–Crippen LogP) is 4.47. The largest absolute Gasteiger partial charge is 0.272 e. The molecular formula is C19H17ClN4OS2. The molecule has 0 spiro atoms. The van der Waals surface area contributed by atoms with Gasteiger partial charge in [0.1, 0.15) is 16.2 Å². The molecule has 0 bridgehead atoms. The van der Waals surface area contributed by atoms with Gasteiger partial charge in [0.2, 0.25) is 5.91 Å². The Labute approximate surface area is 170 Å². The van der Waals surface area contributed by atoms with Gasteiger partial charge in [-0.25, -0.2) is 15.4 Å². The second-order valence-electron chi connectivity index (χ2n) is 6.17. The van der Waals surface area contributed by atoms with Crippen molar-refractivity contribution in [2.45, 2.75) is 30.7 Å². The number of aryl methyl sites for hydroxylation is 2. The van der Waals surface area contributed by atoms with Crippen molar-refractivity contribution in [2.24, 2.45) is 5.10 Å². The van der Waals surface area contributed by atoms with Crippen LogP contribution in [0.25, 0.3) is 10.2 Å². The van der Waals surface area contributed by atoms with Crippen LogP contribution in [0.3, 0.4) is 0 Å². The van der Waals surface area contributed by atoms with Crippen LogP contribution >= 0.6 is 34.7 Å². The molecule has 0 aliphatic heterocycles. The quantitative estimate of drug-likeness (QED) is 0.288. The van der Waals surface area contributed by atoms with E-state index in [9.17, 15) is 4.79 Å². The Morgan fingerprint density at radius 3 is 3.04 bits per heavy atom. The molecule has 2 heterocycles. The topological polar surface area (TPSA) is 67.2 Å². The van der Waals surface area contributed by atoms with Gasteiger partial charge in [0.15, 0.2) is 0 Å². The summed E-state index contributed by atoms with van der Waals surface area (Å²) in [5, 5.41) is 6.59. The molecule has 0 unspecified atom stereocenters. The number of nitrogens with one attached hydrogen (secondary N) is 1. The Morgan fingerprint density at radius 2 is 2.15 bits per heavy atom. The van der Waals surface area contributed by atoms with Gasteiger partial charge in [-0.15, -0.1) is 11.3 Å². The molecule has 0 atom stereocenters. The molecule has 1 aliphatic rings. The van der Waals surface area contributed by atoms with E-state index in [1.165, 1.54) is 35.0 Å². The fraction of sp³-hybridized carbons (Fsp3) is 0.263. The second kappa shape index (κ2) is 8.37. The number of hydrogen-bond acceptors (Lipinski definition) is 6. The molecule has 1 aromatic carbocycles. The van der Waals surface area contributed by atoms with Crippen molar-refractivity contribution in [3.8, 4) is 0 Å². The molecule has 0 radical (unpaired) electrons. The lowest BCUT2D eigenvalue weighted by Crippen LogP contribution is -2.19. The fourth-order valence-corrected chi connectivity index (χ4v) is 5.39. The molecule has 1 amide bonds. The molecule has 0 saturated heterocycles. The molecule has 4 rings (SSSR count). The summed E-state index contributed by atoms with van der Waals surface area (Å²) in [5.41, 5.74) is 4.68. The number of rotatable bonds is 5. The van der Waals surface area contributed by atoms with Crippen LogP contribution in [0.1, 0.15) is 28.8 Å². The normalized spacial score (nSPS) is 13.8.